The molecule has 0 saturated carbocycles. The van der Waals surface area contributed by atoms with E-state index in [9.17, 15) is 14.7 Å². The van der Waals surface area contributed by atoms with E-state index in [1.54, 1.807) is 18.0 Å². The summed E-state index contributed by atoms with van der Waals surface area (Å²) in [4.78, 5) is 23.8. The Morgan fingerprint density at radius 3 is 2.91 bits per heavy atom. The number of thioether (sulfide) groups is 1. The number of rotatable bonds is 6. The zero-order valence-electron chi connectivity index (χ0n) is 12.7. The van der Waals surface area contributed by atoms with Crippen LogP contribution in [0.25, 0.3) is 0 Å². The molecule has 0 unspecified atom stereocenters. The largest absolute Gasteiger partial charge is 0.480 e. The number of fused-ring (bicyclic) bond motifs is 1. The number of benzene rings is 1. The predicted molar refractivity (Wildman–Crippen MR) is 89.4 cm³/mol. The first kappa shape index (κ1) is 16.6. The van der Waals surface area contributed by atoms with Crippen molar-refractivity contribution in [2.45, 2.75) is 31.7 Å². The first-order valence-corrected chi connectivity index (χ1v) is 8.82. The summed E-state index contributed by atoms with van der Waals surface area (Å²) in [6.45, 7) is 0. The third-order valence-electron chi connectivity index (χ3n) is 3.81. The molecule has 22 heavy (non-hydrogen) atoms. The molecular weight excluding hydrogens is 298 g/mol. The zero-order valence-corrected chi connectivity index (χ0v) is 13.5. The highest BCUT2D eigenvalue weighted by Gasteiger charge is 2.21. The third-order valence-corrected chi connectivity index (χ3v) is 4.46. The maximum Gasteiger partial charge on any atom is 0.326 e. The number of ketones is 1. The van der Waals surface area contributed by atoms with E-state index in [-0.39, 0.29) is 5.78 Å². The molecule has 0 spiro atoms. The highest BCUT2D eigenvalue weighted by Crippen LogP contribution is 2.23. The Labute approximate surface area is 135 Å². The Morgan fingerprint density at radius 2 is 2.18 bits per heavy atom. The van der Waals surface area contributed by atoms with E-state index in [1.165, 1.54) is 0 Å². The molecule has 0 bridgehead atoms. The Morgan fingerprint density at radius 1 is 1.41 bits per heavy atom. The Balaban J connectivity index is 2.14. The highest BCUT2D eigenvalue weighted by molar-refractivity contribution is 7.98. The standard InChI is InChI=1S/C17H21NO3S/c1-22-10-9-15(17(20)21)18-11-13-7-4-6-12-5-2-3-8-14(12)16(13)19/h2-3,5,8,11,15,18H,4,6-7,9-10H2,1H3,(H,20,21)/b13-11-/t15-/m0/s1. The van der Waals surface area contributed by atoms with Gasteiger partial charge in [0.15, 0.2) is 5.78 Å². The summed E-state index contributed by atoms with van der Waals surface area (Å²) in [7, 11) is 0. The van der Waals surface area contributed by atoms with Gasteiger partial charge in [-0.2, -0.15) is 11.8 Å². The highest BCUT2D eigenvalue weighted by atomic mass is 32.2. The first-order valence-electron chi connectivity index (χ1n) is 7.43. The van der Waals surface area contributed by atoms with Gasteiger partial charge in [-0.1, -0.05) is 24.3 Å². The second-order valence-corrected chi connectivity index (χ2v) is 6.33. The van der Waals surface area contributed by atoms with Crippen LogP contribution in [0.2, 0.25) is 0 Å². The minimum absolute atomic E-state index is 0.00889. The lowest BCUT2D eigenvalue weighted by atomic mass is 10.0. The van der Waals surface area contributed by atoms with E-state index in [2.05, 4.69) is 5.32 Å². The summed E-state index contributed by atoms with van der Waals surface area (Å²) >= 11 is 1.61. The molecule has 0 aromatic heterocycles. The van der Waals surface area contributed by atoms with Gasteiger partial charge < -0.3 is 10.4 Å². The molecule has 0 aliphatic heterocycles. The number of Topliss-reactive ketones (excluding diaryl/α,β-unsaturated/α-hetero) is 1. The number of carbonyl (C=O) groups is 2. The number of aryl methyl sites for hydroxylation is 1. The minimum Gasteiger partial charge on any atom is -0.480 e. The van der Waals surface area contributed by atoms with Crippen molar-refractivity contribution in [2.24, 2.45) is 0 Å². The molecule has 1 aromatic carbocycles. The molecule has 1 atom stereocenters. The molecule has 2 N–H and O–H groups in total. The lowest BCUT2D eigenvalue weighted by molar-refractivity contribution is -0.139. The van der Waals surface area contributed by atoms with Crippen LogP contribution < -0.4 is 5.32 Å². The summed E-state index contributed by atoms with van der Waals surface area (Å²) < 4.78 is 0. The molecular formula is C17H21NO3S. The number of hydrogen-bond donors (Lipinski definition) is 2. The second kappa shape index (κ2) is 8.03. The van der Waals surface area contributed by atoms with Crippen molar-refractivity contribution < 1.29 is 14.7 Å². The van der Waals surface area contributed by atoms with Crippen LogP contribution in [0.3, 0.4) is 0 Å². The van der Waals surface area contributed by atoms with Crippen LogP contribution in [0.1, 0.15) is 35.2 Å². The SMILES string of the molecule is CSCC[C@H](N/C=C1/CCCc2ccccc2C1=O)C(=O)O. The van der Waals surface area contributed by atoms with E-state index < -0.39 is 12.0 Å². The van der Waals surface area contributed by atoms with E-state index >= 15 is 0 Å². The fourth-order valence-electron chi connectivity index (χ4n) is 2.57. The summed E-state index contributed by atoms with van der Waals surface area (Å²) in [5, 5.41) is 12.1. The number of hydrogen-bond acceptors (Lipinski definition) is 4. The van der Waals surface area contributed by atoms with Gasteiger partial charge in [-0.15, -0.1) is 0 Å². The van der Waals surface area contributed by atoms with Gasteiger partial charge in [0.1, 0.15) is 6.04 Å². The van der Waals surface area contributed by atoms with Crippen molar-refractivity contribution in [1.82, 2.24) is 5.32 Å². The molecule has 118 valence electrons. The van der Waals surface area contributed by atoms with Gasteiger partial charge in [0.2, 0.25) is 0 Å². The average Bonchev–Trinajstić information content (AvgIpc) is 2.67. The van der Waals surface area contributed by atoms with Crippen LogP contribution in [0, 0.1) is 0 Å². The molecule has 0 saturated heterocycles. The van der Waals surface area contributed by atoms with Crippen LogP contribution in [0.5, 0.6) is 0 Å². The number of allylic oxidation sites excluding steroid dienone is 1. The smallest absolute Gasteiger partial charge is 0.326 e. The molecule has 1 aliphatic rings. The van der Waals surface area contributed by atoms with Crippen LogP contribution >= 0.6 is 11.8 Å². The van der Waals surface area contributed by atoms with E-state index in [0.29, 0.717) is 18.4 Å². The van der Waals surface area contributed by atoms with Crippen LogP contribution in [0.15, 0.2) is 36.0 Å². The van der Waals surface area contributed by atoms with Gasteiger partial charge in [0.05, 0.1) is 0 Å². The van der Waals surface area contributed by atoms with Crippen LogP contribution in [0.4, 0.5) is 0 Å². The molecule has 2 rings (SSSR count). The number of carbonyl (C=O) groups excluding carboxylic acids is 1. The van der Waals surface area contributed by atoms with Crippen molar-refractivity contribution in [3.63, 3.8) is 0 Å². The van der Waals surface area contributed by atoms with Gasteiger partial charge in [0.25, 0.3) is 0 Å². The molecule has 0 heterocycles. The Bertz CT molecular complexity index is 583. The van der Waals surface area contributed by atoms with Gasteiger partial charge in [-0.25, -0.2) is 4.79 Å². The quantitative estimate of drug-likeness (QED) is 0.623. The molecule has 0 radical (unpaired) electrons. The Hall–Kier alpha value is -1.75. The number of nitrogens with one attached hydrogen (secondary N) is 1. The summed E-state index contributed by atoms with van der Waals surface area (Å²) in [5.74, 6) is -0.105. The Kier molecular flexibility index (Phi) is 6.07. The van der Waals surface area contributed by atoms with Crippen molar-refractivity contribution in [1.29, 1.82) is 0 Å². The van der Waals surface area contributed by atoms with E-state index in [0.717, 1.165) is 29.7 Å². The lowest BCUT2D eigenvalue weighted by Gasteiger charge is -2.13. The molecule has 1 aliphatic carbocycles. The summed E-state index contributed by atoms with van der Waals surface area (Å²) in [6.07, 6.45) is 6.56. The monoisotopic (exact) mass is 319 g/mol. The van der Waals surface area contributed by atoms with Gasteiger partial charge in [0, 0.05) is 17.3 Å². The number of carboxylic acids is 1. The van der Waals surface area contributed by atoms with Crippen molar-refractivity contribution >= 4 is 23.5 Å². The topological polar surface area (TPSA) is 66.4 Å². The van der Waals surface area contributed by atoms with E-state index in [4.69, 9.17) is 0 Å². The molecule has 1 aromatic rings. The molecule has 0 amide bonds. The van der Waals surface area contributed by atoms with Crippen LogP contribution in [-0.2, 0) is 11.2 Å². The van der Waals surface area contributed by atoms with Crippen molar-refractivity contribution in [3.05, 3.63) is 47.2 Å². The number of carboxylic acid groups (broad SMARTS) is 1. The van der Waals surface area contributed by atoms with Gasteiger partial charge >= 0.3 is 5.97 Å². The van der Waals surface area contributed by atoms with E-state index in [1.807, 2.05) is 30.5 Å². The van der Waals surface area contributed by atoms with Crippen LogP contribution in [-0.4, -0.2) is 34.9 Å². The first-order chi connectivity index (χ1) is 10.6. The fraction of sp³-hybridized carbons (Fsp3) is 0.412. The lowest BCUT2D eigenvalue weighted by Crippen LogP contribution is -2.34. The molecule has 0 fully saturated rings. The molecule has 5 heteroatoms. The van der Waals surface area contributed by atoms with Crippen molar-refractivity contribution in [3.8, 4) is 0 Å². The second-order valence-electron chi connectivity index (χ2n) is 5.35. The van der Waals surface area contributed by atoms with Gasteiger partial charge in [-0.05, 0) is 43.3 Å². The molecule has 4 nitrogen and oxygen atoms in total. The normalized spacial score (nSPS) is 17.7. The third kappa shape index (κ3) is 4.13. The van der Waals surface area contributed by atoms with Gasteiger partial charge in [-0.3, -0.25) is 4.79 Å². The predicted octanol–water partition coefficient (Wildman–Crippen LogP) is 2.89. The zero-order chi connectivity index (χ0) is 15.9. The summed E-state index contributed by atoms with van der Waals surface area (Å²) in [5.41, 5.74) is 2.48. The maximum atomic E-state index is 12.6. The summed E-state index contributed by atoms with van der Waals surface area (Å²) in [6, 6.07) is 7.00. The minimum atomic E-state index is -0.882. The average molecular weight is 319 g/mol. The van der Waals surface area contributed by atoms with Crippen molar-refractivity contribution in [2.75, 3.05) is 12.0 Å². The number of aliphatic carboxylic acids is 1. The maximum absolute atomic E-state index is 12.6. The fourth-order valence-corrected chi connectivity index (χ4v) is 3.04.